The Balaban J connectivity index is 1.51. The van der Waals surface area contributed by atoms with Crippen LogP contribution in [0.3, 0.4) is 0 Å². The van der Waals surface area contributed by atoms with Crippen LogP contribution in [0.2, 0.25) is 0 Å². The van der Waals surface area contributed by atoms with Gasteiger partial charge in [-0.3, -0.25) is 19.9 Å². The molecule has 4 rings (SSSR count). The third kappa shape index (κ3) is 4.97. The van der Waals surface area contributed by atoms with Gasteiger partial charge >= 0.3 is 0 Å². The molecule has 2 amide bonds. The van der Waals surface area contributed by atoms with Gasteiger partial charge in [0.1, 0.15) is 11.4 Å². The van der Waals surface area contributed by atoms with Crippen LogP contribution in [0.4, 0.5) is 0 Å². The van der Waals surface area contributed by atoms with Crippen molar-refractivity contribution in [1.29, 1.82) is 5.41 Å². The second-order valence-corrected chi connectivity index (χ2v) is 10.8. The number of fused-ring (bicyclic) bond motifs is 1. The highest BCUT2D eigenvalue weighted by molar-refractivity contribution is 5.99. The minimum atomic E-state index is -0.403. The van der Waals surface area contributed by atoms with Gasteiger partial charge in [0.15, 0.2) is 5.96 Å². The molecule has 36 heavy (non-hydrogen) atoms. The maximum Gasteiger partial charge on any atom is 0.251 e. The summed E-state index contributed by atoms with van der Waals surface area (Å²) in [6, 6.07) is 11.2. The number of hydrogen-bond acceptors (Lipinski definition) is 4. The van der Waals surface area contributed by atoms with Gasteiger partial charge in [0, 0.05) is 23.1 Å². The summed E-state index contributed by atoms with van der Waals surface area (Å²) in [6.07, 6.45) is 2.59. The van der Waals surface area contributed by atoms with Gasteiger partial charge in [-0.15, -0.1) is 0 Å². The number of hydrogen-bond donors (Lipinski definition) is 3. The fourth-order valence-corrected chi connectivity index (χ4v) is 5.22. The molecule has 2 aromatic carbocycles. The number of nitrogens with one attached hydrogen (secondary N) is 3. The topological polar surface area (TPSA) is 94.5 Å². The second kappa shape index (κ2) is 9.60. The Labute approximate surface area is 214 Å². The maximum atomic E-state index is 13.3. The molecule has 2 heterocycles. The smallest absolute Gasteiger partial charge is 0.251 e. The third-order valence-corrected chi connectivity index (χ3v) is 7.79. The summed E-state index contributed by atoms with van der Waals surface area (Å²) < 4.78 is 6.29. The first-order chi connectivity index (χ1) is 17.0. The number of amides is 2. The first-order valence-electron chi connectivity index (χ1n) is 12.8. The van der Waals surface area contributed by atoms with Gasteiger partial charge in [-0.05, 0) is 69.4 Å². The molecule has 0 aliphatic carbocycles. The van der Waals surface area contributed by atoms with Crippen molar-refractivity contribution in [1.82, 2.24) is 15.5 Å². The lowest BCUT2D eigenvalue weighted by Crippen LogP contribution is -2.61. The van der Waals surface area contributed by atoms with E-state index in [1.165, 1.54) is 4.90 Å². The third-order valence-electron chi connectivity index (χ3n) is 7.79. The Hall–Kier alpha value is -3.35. The standard InChI is InChI=1S/C29H38N4O3/c1-7-29(8-2)16-24(34)33(27(30)32-29)17-20-10-9-11-21(14-20)26(35)31-23-15-28(5,6)36-25-19(4)18(3)12-13-22(23)25/h9-14,23H,7-8,15-17H2,1-6H3,(H2,30,32)(H,31,35)/t23-/m0/s1. The van der Waals surface area contributed by atoms with Crippen molar-refractivity contribution >= 4 is 17.8 Å². The van der Waals surface area contributed by atoms with Crippen LogP contribution in [-0.4, -0.2) is 33.8 Å². The van der Waals surface area contributed by atoms with Crippen LogP contribution in [0.5, 0.6) is 5.75 Å². The molecule has 0 bridgehead atoms. The van der Waals surface area contributed by atoms with Gasteiger partial charge in [-0.1, -0.05) is 38.1 Å². The van der Waals surface area contributed by atoms with Crippen molar-refractivity contribution in [2.75, 3.05) is 0 Å². The normalized spacial score (nSPS) is 20.3. The van der Waals surface area contributed by atoms with E-state index in [0.29, 0.717) is 18.4 Å². The Kier molecular flexibility index (Phi) is 6.86. The van der Waals surface area contributed by atoms with Crippen molar-refractivity contribution in [3.05, 3.63) is 64.2 Å². The van der Waals surface area contributed by atoms with E-state index in [1.54, 1.807) is 6.07 Å². The number of nitrogens with zero attached hydrogens (tertiary/aromatic N) is 1. The molecule has 2 aliphatic heterocycles. The molecule has 3 N–H and O–H groups in total. The molecule has 1 saturated heterocycles. The van der Waals surface area contributed by atoms with Gasteiger partial charge in [-0.25, -0.2) is 0 Å². The molecular weight excluding hydrogens is 452 g/mol. The van der Waals surface area contributed by atoms with E-state index < -0.39 is 5.60 Å². The number of carbonyl (C=O) groups excluding carboxylic acids is 2. The van der Waals surface area contributed by atoms with Crippen LogP contribution in [-0.2, 0) is 11.3 Å². The van der Waals surface area contributed by atoms with Gasteiger partial charge in [0.25, 0.3) is 5.91 Å². The maximum absolute atomic E-state index is 13.3. The van der Waals surface area contributed by atoms with E-state index in [4.69, 9.17) is 10.1 Å². The molecule has 0 aromatic heterocycles. The lowest BCUT2D eigenvalue weighted by atomic mass is 9.87. The van der Waals surface area contributed by atoms with E-state index in [1.807, 2.05) is 52.0 Å². The predicted molar refractivity (Wildman–Crippen MR) is 141 cm³/mol. The summed E-state index contributed by atoms with van der Waals surface area (Å²) in [6.45, 7) is 12.5. The zero-order valence-corrected chi connectivity index (χ0v) is 22.2. The highest BCUT2D eigenvalue weighted by Gasteiger charge is 2.39. The van der Waals surface area contributed by atoms with E-state index >= 15 is 0 Å². The summed E-state index contributed by atoms with van der Waals surface area (Å²) in [5.41, 5.74) is 3.84. The summed E-state index contributed by atoms with van der Waals surface area (Å²) >= 11 is 0. The molecule has 1 fully saturated rings. The van der Waals surface area contributed by atoms with E-state index in [-0.39, 0.29) is 35.9 Å². The molecule has 2 aromatic rings. The average Bonchev–Trinajstić information content (AvgIpc) is 2.83. The van der Waals surface area contributed by atoms with Crippen molar-refractivity contribution < 1.29 is 14.3 Å². The summed E-state index contributed by atoms with van der Waals surface area (Å²) in [4.78, 5) is 27.7. The fraction of sp³-hybridized carbons (Fsp3) is 0.483. The zero-order valence-electron chi connectivity index (χ0n) is 22.2. The van der Waals surface area contributed by atoms with Crippen molar-refractivity contribution in [3.63, 3.8) is 0 Å². The van der Waals surface area contributed by atoms with Crippen molar-refractivity contribution in [2.45, 2.75) is 91.0 Å². The molecule has 192 valence electrons. The van der Waals surface area contributed by atoms with Crippen LogP contribution in [0.1, 0.15) is 92.0 Å². The first kappa shape index (κ1) is 25.7. The van der Waals surface area contributed by atoms with Gasteiger partial charge in [-0.2, -0.15) is 0 Å². The molecule has 1 atom stereocenters. The molecule has 7 heteroatoms. The van der Waals surface area contributed by atoms with Crippen LogP contribution >= 0.6 is 0 Å². The van der Waals surface area contributed by atoms with E-state index in [0.717, 1.165) is 40.8 Å². The molecule has 0 unspecified atom stereocenters. The van der Waals surface area contributed by atoms with Gasteiger partial charge < -0.3 is 15.4 Å². The number of aryl methyl sites for hydroxylation is 1. The monoisotopic (exact) mass is 490 g/mol. The van der Waals surface area contributed by atoms with E-state index in [2.05, 4.69) is 30.5 Å². The molecule has 7 nitrogen and oxygen atoms in total. The van der Waals surface area contributed by atoms with Crippen LogP contribution in [0.25, 0.3) is 0 Å². The molecule has 0 spiro atoms. The van der Waals surface area contributed by atoms with Gasteiger partial charge in [0.2, 0.25) is 5.91 Å². The van der Waals surface area contributed by atoms with Crippen LogP contribution in [0, 0.1) is 19.3 Å². The van der Waals surface area contributed by atoms with Gasteiger partial charge in [0.05, 0.1) is 19.0 Å². The molecule has 0 radical (unpaired) electrons. The summed E-state index contributed by atoms with van der Waals surface area (Å²) in [7, 11) is 0. The Morgan fingerprint density at radius 2 is 1.92 bits per heavy atom. The number of ether oxygens (including phenoxy) is 1. The van der Waals surface area contributed by atoms with Crippen LogP contribution in [0.15, 0.2) is 36.4 Å². The average molecular weight is 491 g/mol. The van der Waals surface area contributed by atoms with Crippen LogP contribution < -0.4 is 15.4 Å². The lowest BCUT2D eigenvalue weighted by molar-refractivity contribution is -0.131. The molecular formula is C29H38N4O3. The summed E-state index contributed by atoms with van der Waals surface area (Å²) in [5.74, 6) is 0.744. The SMILES string of the molecule is CCC1(CC)CC(=O)N(Cc2cccc(C(=O)N[C@H]3CC(C)(C)Oc4c3ccc(C)c4C)c2)C(=N)N1. The summed E-state index contributed by atoms with van der Waals surface area (Å²) in [5, 5.41) is 14.9. The first-order valence-corrected chi connectivity index (χ1v) is 12.8. The fourth-order valence-electron chi connectivity index (χ4n) is 5.22. The Morgan fingerprint density at radius 1 is 1.19 bits per heavy atom. The highest BCUT2D eigenvalue weighted by Crippen LogP contribution is 2.42. The minimum Gasteiger partial charge on any atom is -0.487 e. The highest BCUT2D eigenvalue weighted by atomic mass is 16.5. The van der Waals surface area contributed by atoms with Crippen molar-refractivity contribution in [2.24, 2.45) is 0 Å². The number of rotatable bonds is 6. The minimum absolute atomic E-state index is 0.0657. The number of benzene rings is 2. The van der Waals surface area contributed by atoms with E-state index in [9.17, 15) is 9.59 Å². The molecule has 2 aliphatic rings. The zero-order chi connectivity index (χ0) is 26.3. The number of guanidine groups is 1. The van der Waals surface area contributed by atoms with Crippen molar-refractivity contribution in [3.8, 4) is 5.75 Å². The largest absolute Gasteiger partial charge is 0.487 e. The quantitative estimate of drug-likeness (QED) is 0.522. The Bertz CT molecular complexity index is 1180. The predicted octanol–water partition coefficient (Wildman–Crippen LogP) is 5.15. The Morgan fingerprint density at radius 3 is 2.58 bits per heavy atom. The second-order valence-electron chi connectivity index (χ2n) is 10.8. The number of carbonyl (C=O) groups is 2. The molecule has 0 saturated carbocycles. The lowest BCUT2D eigenvalue weighted by Gasteiger charge is -2.42.